The molecule has 2 unspecified atom stereocenters. The first-order valence-electron chi connectivity index (χ1n) is 20.4. The van der Waals surface area contributed by atoms with Crippen LogP contribution in [0.3, 0.4) is 0 Å². The second-order valence-electron chi connectivity index (χ2n) is 17.6. The zero-order valence-corrected chi connectivity index (χ0v) is 36.1. The van der Waals surface area contributed by atoms with Gasteiger partial charge in [0.05, 0.1) is 53.4 Å². The lowest BCUT2D eigenvalue weighted by molar-refractivity contribution is -0.317. The van der Waals surface area contributed by atoms with E-state index in [0.29, 0.717) is 25.1 Å². The summed E-state index contributed by atoms with van der Waals surface area (Å²) in [5.41, 5.74) is 1.32. The number of aliphatic hydroxyl groups is 5. The number of nitrogens with two attached hydrogens (primary N) is 1. The highest BCUT2D eigenvalue weighted by atomic mass is 16.7. The summed E-state index contributed by atoms with van der Waals surface area (Å²) in [6.07, 6.45) is -8.73. The van der Waals surface area contributed by atoms with Gasteiger partial charge < -0.3 is 69.4 Å². The number of likely N-dealkylation sites (N-methyl/N-ethyl adjacent to an activating group) is 1. The Morgan fingerprint density at radius 3 is 2.16 bits per heavy atom. The standard InChI is InChI=1S/C40H75N3O13/c1-14-28-40(10,49)33(45)23(4)30(42-51-17-15-16-41)21(2)19-38(8,48)35(56-37-31(44)27(43(11)12)18-22(3)52-37)24(5)32(25(6)36(47)54-28)55-29-20-39(9,50-13)34(46)26(7)53-29/h21-29,31-35,37,44-46,48-49H,14-20,41H2,1-13H3/b42-30+/t21-,22-,23+,24+,25-,26+,27+,28?,29+,31-,32?,33-,34+,35-,37+,38-,39-,40-/m1/s1. The Balaban J connectivity index is 2.24. The number of ether oxygens (including phenoxy) is 6. The number of nitrogens with zero attached hydrogens (tertiary/aromatic N) is 2. The van der Waals surface area contributed by atoms with Crippen LogP contribution in [0.1, 0.15) is 101 Å². The van der Waals surface area contributed by atoms with Crippen molar-refractivity contribution >= 4 is 11.7 Å². The smallest absolute Gasteiger partial charge is 0.311 e. The molecule has 0 aromatic rings. The summed E-state index contributed by atoms with van der Waals surface area (Å²) in [5.74, 6) is -4.00. The van der Waals surface area contributed by atoms with Gasteiger partial charge in [0.25, 0.3) is 0 Å². The van der Waals surface area contributed by atoms with E-state index in [-0.39, 0.29) is 38.0 Å². The first kappa shape index (κ1) is 48.8. The molecule has 3 fully saturated rings. The molecule has 0 bridgehead atoms. The molecule has 16 nitrogen and oxygen atoms in total. The Morgan fingerprint density at radius 1 is 0.946 bits per heavy atom. The zero-order valence-electron chi connectivity index (χ0n) is 36.1. The monoisotopic (exact) mass is 806 g/mol. The number of carbonyl (C=O) groups is 1. The molecule has 0 aromatic heterocycles. The van der Waals surface area contributed by atoms with Gasteiger partial charge in [-0.3, -0.25) is 4.79 Å². The van der Waals surface area contributed by atoms with Gasteiger partial charge in [0.2, 0.25) is 0 Å². The van der Waals surface area contributed by atoms with Crippen molar-refractivity contribution in [2.45, 2.75) is 186 Å². The second kappa shape index (κ2) is 20.1. The number of aliphatic hydroxyl groups excluding tert-OH is 3. The minimum Gasteiger partial charge on any atom is -0.459 e. The lowest BCUT2D eigenvalue weighted by Gasteiger charge is -2.49. The summed E-state index contributed by atoms with van der Waals surface area (Å²) in [4.78, 5) is 21.9. The fourth-order valence-electron chi connectivity index (χ4n) is 8.86. The van der Waals surface area contributed by atoms with Crippen LogP contribution >= 0.6 is 0 Å². The first-order chi connectivity index (χ1) is 26.0. The summed E-state index contributed by atoms with van der Waals surface area (Å²) in [5, 5.41) is 63.4. The molecular weight excluding hydrogens is 730 g/mol. The van der Waals surface area contributed by atoms with E-state index in [9.17, 15) is 30.3 Å². The van der Waals surface area contributed by atoms with Crippen LogP contribution in [0.15, 0.2) is 5.16 Å². The van der Waals surface area contributed by atoms with Gasteiger partial charge in [0.15, 0.2) is 12.6 Å². The van der Waals surface area contributed by atoms with Crippen molar-refractivity contribution in [2.24, 2.45) is 34.6 Å². The Labute approximate surface area is 334 Å². The lowest BCUT2D eigenvalue weighted by atomic mass is 9.73. The highest BCUT2D eigenvalue weighted by Gasteiger charge is 2.53. The van der Waals surface area contributed by atoms with E-state index in [1.54, 1.807) is 48.5 Å². The summed E-state index contributed by atoms with van der Waals surface area (Å²) in [6, 6.07) is -0.317. The van der Waals surface area contributed by atoms with Crippen LogP contribution in [0, 0.1) is 23.7 Å². The van der Waals surface area contributed by atoms with Crippen molar-refractivity contribution in [3.05, 3.63) is 0 Å². The van der Waals surface area contributed by atoms with E-state index < -0.39 is 102 Å². The van der Waals surface area contributed by atoms with Gasteiger partial charge in [-0.2, -0.15) is 0 Å². The number of hydrogen-bond acceptors (Lipinski definition) is 16. The maximum atomic E-state index is 14.3. The van der Waals surface area contributed by atoms with Crippen LogP contribution in [0.4, 0.5) is 0 Å². The molecule has 3 rings (SSSR count). The van der Waals surface area contributed by atoms with Crippen LogP contribution in [0.25, 0.3) is 0 Å². The number of oxime groups is 1. The molecular formula is C40H75N3O13. The van der Waals surface area contributed by atoms with Crippen LogP contribution < -0.4 is 5.73 Å². The van der Waals surface area contributed by atoms with Crippen molar-refractivity contribution in [3.8, 4) is 0 Å². The summed E-state index contributed by atoms with van der Waals surface area (Å²) < 4.78 is 37.6. The van der Waals surface area contributed by atoms with E-state index >= 15 is 0 Å². The predicted octanol–water partition coefficient (Wildman–Crippen LogP) is 1.94. The van der Waals surface area contributed by atoms with E-state index in [1.165, 1.54) is 14.0 Å². The molecule has 0 aromatic carbocycles. The lowest BCUT2D eigenvalue weighted by Crippen LogP contribution is -2.61. The van der Waals surface area contributed by atoms with Crippen LogP contribution in [0.2, 0.25) is 0 Å². The molecule has 3 saturated heterocycles. The number of hydrogen-bond donors (Lipinski definition) is 6. The molecule has 7 N–H and O–H groups in total. The quantitative estimate of drug-likeness (QED) is 0.0998. The topological polar surface area (TPSA) is 224 Å². The molecule has 18 atom stereocenters. The van der Waals surface area contributed by atoms with Crippen molar-refractivity contribution < 1.29 is 63.6 Å². The third-order valence-corrected chi connectivity index (χ3v) is 12.5. The largest absolute Gasteiger partial charge is 0.459 e. The molecule has 3 heterocycles. The summed E-state index contributed by atoms with van der Waals surface area (Å²) in [7, 11) is 5.23. The maximum Gasteiger partial charge on any atom is 0.311 e. The highest BCUT2D eigenvalue weighted by Crippen LogP contribution is 2.41. The minimum atomic E-state index is -1.94. The molecule has 0 saturated carbocycles. The number of rotatable bonds is 11. The van der Waals surface area contributed by atoms with Crippen LogP contribution in [0.5, 0.6) is 0 Å². The molecule has 56 heavy (non-hydrogen) atoms. The minimum absolute atomic E-state index is 0.00340. The third-order valence-electron chi connectivity index (χ3n) is 12.5. The second-order valence-corrected chi connectivity index (χ2v) is 17.6. The molecule has 0 amide bonds. The average Bonchev–Trinajstić information content (AvgIpc) is 3.12. The number of cyclic esters (lactones) is 1. The Hall–Kier alpha value is -1.54. The Kier molecular flexibility index (Phi) is 17.6. The van der Waals surface area contributed by atoms with Crippen LogP contribution in [-0.2, 0) is 38.1 Å². The molecule has 16 heteroatoms. The number of methoxy groups -OCH3 is 1. The normalized spacial score (nSPS) is 47.0. The van der Waals surface area contributed by atoms with E-state index in [1.807, 2.05) is 32.8 Å². The van der Waals surface area contributed by atoms with Gasteiger partial charge in [-0.25, -0.2) is 0 Å². The van der Waals surface area contributed by atoms with Gasteiger partial charge in [0.1, 0.15) is 30.5 Å². The molecule has 0 aliphatic carbocycles. The van der Waals surface area contributed by atoms with Crippen molar-refractivity contribution in [2.75, 3.05) is 34.4 Å². The van der Waals surface area contributed by atoms with Gasteiger partial charge in [-0.15, -0.1) is 0 Å². The molecule has 0 spiro atoms. The van der Waals surface area contributed by atoms with Gasteiger partial charge in [-0.05, 0) is 87.9 Å². The molecule has 328 valence electrons. The van der Waals surface area contributed by atoms with E-state index in [2.05, 4.69) is 5.16 Å². The van der Waals surface area contributed by atoms with Crippen LogP contribution in [-0.4, -0.2) is 161 Å². The molecule has 0 radical (unpaired) electrons. The third kappa shape index (κ3) is 11.2. The van der Waals surface area contributed by atoms with Crippen molar-refractivity contribution in [3.63, 3.8) is 0 Å². The number of carbonyl (C=O) groups excluding carboxylic acids is 1. The summed E-state index contributed by atoms with van der Waals surface area (Å²) >= 11 is 0. The van der Waals surface area contributed by atoms with E-state index in [0.717, 1.165) is 0 Å². The van der Waals surface area contributed by atoms with Crippen molar-refractivity contribution in [1.29, 1.82) is 0 Å². The number of esters is 1. The zero-order chi connectivity index (χ0) is 42.5. The molecule has 3 aliphatic heterocycles. The van der Waals surface area contributed by atoms with Crippen molar-refractivity contribution in [1.82, 2.24) is 4.90 Å². The maximum absolute atomic E-state index is 14.3. The Morgan fingerprint density at radius 2 is 1.59 bits per heavy atom. The summed E-state index contributed by atoms with van der Waals surface area (Å²) in [6.45, 7) is 17.6. The highest BCUT2D eigenvalue weighted by molar-refractivity contribution is 5.88. The fraction of sp³-hybridized carbons (Fsp3) is 0.950. The fourth-order valence-corrected chi connectivity index (χ4v) is 8.86. The van der Waals surface area contributed by atoms with E-state index in [4.69, 9.17) is 39.0 Å². The van der Waals surface area contributed by atoms with Gasteiger partial charge in [-0.1, -0.05) is 32.9 Å². The van der Waals surface area contributed by atoms with Gasteiger partial charge >= 0.3 is 5.97 Å². The van der Waals surface area contributed by atoms with Gasteiger partial charge in [0, 0.05) is 37.3 Å². The predicted molar refractivity (Wildman–Crippen MR) is 208 cm³/mol. The average molecular weight is 806 g/mol. The molecule has 3 aliphatic rings. The first-order valence-corrected chi connectivity index (χ1v) is 20.4. The Bertz CT molecular complexity index is 1270. The SMILES string of the molecule is CCC1OC(=O)[C@H](C)C(O[C@H]2C[C@@](C)(OC)[C@@H](O)[C@H](C)O2)[C@H](C)[C@@H](O[C@@H]2O[C@H](C)C[C@H](N(C)C)[C@H]2O)[C@](C)(O)C[C@@H](C)/C(=N\OCCCN)[C@H](C)[C@@H](O)[C@]1(C)O.